The number of amidine groups is 1. The average molecular weight is 173 g/mol. The van der Waals surface area contributed by atoms with Crippen molar-refractivity contribution in [2.24, 2.45) is 10.9 Å². The monoisotopic (exact) mass is 173 g/mol. The van der Waals surface area contributed by atoms with E-state index in [2.05, 4.69) is 15.3 Å². The van der Waals surface area contributed by atoms with E-state index in [1.54, 1.807) is 6.92 Å². The van der Waals surface area contributed by atoms with E-state index in [0.717, 1.165) is 0 Å². The molecule has 0 unspecified atom stereocenters. The number of carbonyl (C=O) groups is 2. The van der Waals surface area contributed by atoms with E-state index in [4.69, 9.17) is 5.73 Å². The first-order valence-corrected chi connectivity index (χ1v) is 3.37. The Morgan fingerprint density at radius 3 is 2.58 bits per heavy atom. The highest BCUT2D eigenvalue weighted by Crippen LogP contribution is 1.84. The van der Waals surface area contributed by atoms with Gasteiger partial charge in [-0.2, -0.15) is 0 Å². The molecule has 0 spiro atoms. The Bertz CT molecular complexity index is 212. The number of nitrogens with zero attached hydrogens (tertiary/aromatic N) is 1. The largest absolute Gasteiger partial charge is 0.376 e. The quantitative estimate of drug-likeness (QED) is 0.241. The molecule has 0 rings (SSSR count). The molecule has 0 heterocycles. The zero-order valence-electron chi connectivity index (χ0n) is 6.96. The van der Waals surface area contributed by atoms with Crippen molar-refractivity contribution < 1.29 is 14.4 Å². The third kappa shape index (κ3) is 3.55. The van der Waals surface area contributed by atoms with Crippen LogP contribution < -0.4 is 11.1 Å². The maximum absolute atomic E-state index is 10.7. The third-order valence-corrected chi connectivity index (χ3v) is 0.994. The molecule has 0 saturated heterocycles. The highest BCUT2D eigenvalue weighted by molar-refractivity contribution is 6.37. The number of nitrogens with two attached hydrogens (primary N) is 1. The Labute approximate surface area is 69.7 Å². The van der Waals surface area contributed by atoms with Gasteiger partial charge in [-0.3, -0.25) is 4.79 Å². The van der Waals surface area contributed by atoms with Crippen LogP contribution in [0.5, 0.6) is 0 Å². The molecule has 0 atom stereocenters. The van der Waals surface area contributed by atoms with Crippen LogP contribution in [0.4, 0.5) is 0 Å². The maximum atomic E-state index is 10.7. The highest BCUT2D eigenvalue weighted by atomic mass is 16.7. The van der Waals surface area contributed by atoms with Crippen molar-refractivity contribution in [2.75, 3.05) is 7.05 Å². The highest BCUT2D eigenvalue weighted by Gasteiger charge is 2.05. The van der Waals surface area contributed by atoms with Gasteiger partial charge in [-0.15, -0.1) is 0 Å². The number of rotatable bonds is 2. The molecule has 6 nitrogen and oxygen atoms in total. The Morgan fingerprint density at radius 2 is 2.17 bits per heavy atom. The van der Waals surface area contributed by atoms with Crippen LogP contribution in [0.25, 0.3) is 0 Å². The van der Waals surface area contributed by atoms with Gasteiger partial charge in [0.25, 0.3) is 5.91 Å². The number of amides is 1. The van der Waals surface area contributed by atoms with Gasteiger partial charge in [-0.25, -0.2) is 4.79 Å². The summed E-state index contributed by atoms with van der Waals surface area (Å²) in [6.45, 7) is 1.61. The average Bonchev–Trinajstić information content (AvgIpc) is 2.11. The molecule has 0 fully saturated rings. The minimum atomic E-state index is -0.584. The summed E-state index contributed by atoms with van der Waals surface area (Å²) in [5, 5.41) is 5.32. The Hall–Kier alpha value is -1.59. The van der Waals surface area contributed by atoms with Crippen molar-refractivity contribution in [1.82, 2.24) is 5.32 Å². The molecule has 6 heteroatoms. The van der Waals surface area contributed by atoms with E-state index in [1.807, 2.05) is 0 Å². The minimum absolute atomic E-state index is 0.185. The second-order valence-corrected chi connectivity index (χ2v) is 1.87. The van der Waals surface area contributed by atoms with E-state index in [0.29, 0.717) is 0 Å². The number of hydrogen-bond acceptors (Lipinski definition) is 4. The van der Waals surface area contributed by atoms with Gasteiger partial charge in [0.1, 0.15) is 0 Å². The lowest BCUT2D eigenvalue weighted by molar-refractivity contribution is -0.143. The molecule has 1 amide bonds. The maximum Gasteiger partial charge on any atom is 0.334 e. The van der Waals surface area contributed by atoms with E-state index in [9.17, 15) is 9.59 Å². The van der Waals surface area contributed by atoms with Crippen molar-refractivity contribution in [3.63, 3.8) is 0 Å². The predicted octanol–water partition coefficient (Wildman–Crippen LogP) is -1.04. The standard InChI is InChI=1S/C6H11N3O3/c1-3-4(10)12-9-5(7)6(11)8-2/h3H2,1-2H3,(H2,7,9)(H,8,11). The van der Waals surface area contributed by atoms with Crippen LogP contribution in [0.3, 0.4) is 0 Å². The first kappa shape index (κ1) is 10.4. The van der Waals surface area contributed by atoms with Gasteiger partial charge in [0.15, 0.2) is 0 Å². The normalized spacial score (nSPS) is 10.7. The summed E-state index contributed by atoms with van der Waals surface area (Å²) in [5.74, 6) is -1.50. The van der Waals surface area contributed by atoms with Crippen LogP contribution in [-0.4, -0.2) is 24.8 Å². The first-order chi connectivity index (χ1) is 5.61. The van der Waals surface area contributed by atoms with Crippen molar-refractivity contribution >= 4 is 17.7 Å². The van der Waals surface area contributed by atoms with Crippen LogP contribution in [0.15, 0.2) is 5.16 Å². The molecule has 0 aromatic rings. The summed E-state index contributed by atoms with van der Waals surface area (Å²) in [6, 6.07) is 0. The van der Waals surface area contributed by atoms with E-state index < -0.39 is 11.9 Å². The Morgan fingerprint density at radius 1 is 1.58 bits per heavy atom. The van der Waals surface area contributed by atoms with Crippen molar-refractivity contribution in [3.8, 4) is 0 Å². The molecule has 0 radical (unpaired) electrons. The van der Waals surface area contributed by atoms with Crippen LogP contribution in [-0.2, 0) is 14.4 Å². The number of nitrogens with one attached hydrogen (secondary N) is 1. The molecular weight excluding hydrogens is 162 g/mol. The van der Waals surface area contributed by atoms with Crippen LogP contribution in [0.1, 0.15) is 13.3 Å². The van der Waals surface area contributed by atoms with E-state index in [1.165, 1.54) is 7.05 Å². The number of oxime groups is 1. The fraction of sp³-hybridized carbons (Fsp3) is 0.500. The smallest absolute Gasteiger partial charge is 0.334 e. The molecule has 0 aliphatic carbocycles. The lowest BCUT2D eigenvalue weighted by atomic mass is 10.5. The van der Waals surface area contributed by atoms with Crippen LogP contribution in [0.2, 0.25) is 0 Å². The van der Waals surface area contributed by atoms with Crippen molar-refractivity contribution in [2.45, 2.75) is 13.3 Å². The summed E-state index contributed by atoms with van der Waals surface area (Å²) in [7, 11) is 1.40. The fourth-order valence-electron chi connectivity index (χ4n) is 0.334. The van der Waals surface area contributed by atoms with Crippen molar-refractivity contribution in [1.29, 1.82) is 0 Å². The molecule has 68 valence electrons. The van der Waals surface area contributed by atoms with Gasteiger partial charge in [-0.05, 0) is 0 Å². The van der Waals surface area contributed by atoms with Gasteiger partial charge < -0.3 is 15.9 Å². The second-order valence-electron chi connectivity index (χ2n) is 1.87. The molecule has 3 N–H and O–H groups in total. The Balaban J connectivity index is 4.00. The van der Waals surface area contributed by atoms with E-state index >= 15 is 0 Å². The third-order valence-electron chi connectivity index (χ3n) is 0.994. The summed E-state index contributed by atoms with van der Waals surface area (Å²) in [5.41, 5.74) is 5.09. The fourth-order valence-corrected chi connectivity index (χ4v) is 0.334. The van der Waals surface area contributed by atoms with Gasteiger partial charge >= 0.3 is 5.97 Å². The minimum Gasteiger partial charge on any atom is -0.376 e. The van der Waals surface area contributed by atoms with Gasteiger partial charge in [0.2, 0.25) is 5.84 Å². The molecule has 0 bridgehead atoms. The zero-order valence-corrected chi connectivity index (χ0v) is 6.96. The Kier molecular flexibility index (Phi) is 4.43. The van der Waals surface area contributed by atoms with Crippen LogP contribution >= 0.6 is 0 Å². The summed E-state index contributed by atoms with van der Waals surface area (Å²) < 4.78 is 0. The second kappa shape index (κ2) is 5.11. The van der Waals surface area contributed by atoms with E-state index in [-0.39, 0.29) is 12.3 Å². The molecule has 0 aliphatic rings. The predicted molar refractivity (Wildman–Crippen MR) is 42.1 cm³/mol. The van der Waals surface area contributed by atoms with Gasteiger partial charge in [-0.1, -0.05) is 12.1 Å². The molecular formula is C6H11N3O3. The van der Waals surface area contributed by atoms with Gasteiger partial charge in [0.05, 0.1) is 0 Å². The number of carbonyl (C=O) groups excluding carboxylic acids is 2. The van der Waals surface area contributed by atoms with Gasteiger partial charge in [0, 0.05) is 13.5 Å². The molecule has 0 aliphatic heterocycles. The van der Waals surface area contributed by atoms with Crippen LogP contribution in [0, 0.1) is 0 Å². The first-order valence-electron chi connectivity index (χ1n) is 3.37. The molecule has 0 saturated carbocycles. The van der Waals surface area contributed by atoms with Crippen molar-refractivity contribution in [3.05, 3.63) is 0 Å². The summed E-state index contributed by atoms with van der Waals surface area (Å²) in [6.07, 6.45) is 0.185. The zero-order chi connectivity index (χ0) is 9.56. The SMILES string of the molecule is CCC(=O)O/N=C(/N)C(=O)NC. The summed E-state index contributed by atoms with van der Waals surface area (Å²) >= 11 is 0. The number of hydrogen-bond donors (Lipinski definition) is 2. The molecule has 0 aromatic carbocycles. The number of likely N-dealkylation sites (N-methyl/N-ethyl adjacent to an activating group) is 1. The lowest BCUT2D eigenvalue weighted by Gasteiger charge is -1.97. The molecule has 0 aromatic heterocycles. The lowest BCUT2D eigenvalue weighted by Crippen LogP contribution is -2.34. The molecule has 12 heavy (non-hydrogen) atoms. The summed E-state index contributed by atoms with van der Waals surface area (Å²) in [4.78, 5) is 25.4. The topological polar surface area (TPSA) is 93.8 Å².